The first kappa shape index (κ1) is 11.3. The molecule has 16 heavy (non-hydrogen) atoms. The Balaban J connectivity index is 2.39. The Hall–Kier alpha value is -1.14. The van der Waals surface area contributed by atoms with Gasteiger partial charge in [-0.1, -0.05) is 0 Å². The molecule has 1 atom stereocenters. The van der Waals surface area contributed by atoms with Gasteiger partial charge in [-0.05, 0) is 25.8 Å². The van der Waals surface area contributed by atoms with E-state index >= 15 is 0 Å². The Bertz CT molecular complexity index is 487. The average Bonchev–Trinajstić information content (AvgIpc) is 2.65. The average molecular weight is 241 g/mol. The molecule has 0 bridgehead atoms. The first-order chi connectivity index (χ1) is 7.51. The predicted octanol–water partition coefficient (Wildman–Crippen LogP) is 0.837. The topological polar surface area (TPSA) is 76.3 Å². The smallest absolute Gasteiger partial charge is 0.244 e. The van der Waals surface area contributed by atoms with Crippen molar-refractivity contribution in [3.8, 4) is 0 Å². The fourth-order valence-electron chi connectivity index (χ4n) is 1.98. The van der Waals surface area contributed by atoms with Gasteiger partial charge in [-0.25, -0.2) is 8.42 Å². The van der Waals surface area contributed by atoms with E-state index in [1.807, 2.05) is 6.92 Å². The number of hydrogen-bond acceptors (Lipinski definition) is 4. The third kappa shape index (κ3) is 1.90. The first-order valence-corrected chi connectivity index (χ1v) is 6.68. The second-order valence-electron chi connectivity index (χ2n) is 4.06. The first-order valence-electron chi connectivity index (χ1n) is 5.24. The van der Waals surface area contributed by atoms with Gasteiger partial charge < -0.3 is 5.73 Å². The molecule has 1 fully saturated rings. The zero-order valence-electron chi connectivity index (χ0n) is 9.13. The molecule has 0 amide bonds. The van der Waals surface area contributed by atoms with E-state index in [0.29, 0.717) is 12.2 Å². The van der Waals surface area contributed by atoms with Crippen LogP contribution in [0.4, 0.5) is 5.69 Å². The highest BCUT2D eigenvalue weighted by molar-refractivity contribution is 7.89. The number of nitrogen functional groups attached to an aromatic ring is 1. The fraction of sp³-hybridized carbons (Fsp3) is 0.500. The Morgan fingerprint density at radius 1 is 1.50 bits per heavy atom. The second kappa shape index (κ2) is 4.03. The van der Waals surface area contributed by atoms with Crippen LogP contribution in [-0.2, 0) is 10.0 Å². The second-order valence-corrected chi connectivity index (χ2v) is 5.95. The third-order valence-electron chi connectivity index (χ3n) is 2.83. The van der Waals surface area contributed by atoms with Crippen LogP contribution < -0.4 is 5.73 Å². The summed E-state index contributed by atoms with van der Waals surface area (Å²) in [6, 6.07) is 1.51. The van der Waals surface area contributed by atoms with Crippen molar-refractivity contribution >= 4 is 15.7 Å². The van der Waals surface area contributed by atoms with Crippen LogP contribution in [0.25, 0.3) is 0 Å². The number of hydrogen-bond donors (Lipinski definition) is 1. The molecule has 0 saturated carbocycles. The molecule has 1 aliphatic rings. The zero-order valence-corrected chi connectivity index (χ0v) is 9.94. The van der Waals surface area contributed by atoms with E-state index < -0.39 is 10.0 Å². The maximum absolute atomic E-state index is 12.2. The summed E-state index contributed by atoms with van der Waals surface area (Å²) in [5, 5.41) is 0. The van der Waals surface area contributed by atoms with E-state index in [9.17, 15) is 8.42 Å². The van der Waals surface area contributed by atoms with E-state index in [-0.39, 0.29) is 10.9 Å². The van der Waals surface area contributed by atoms with Crippen LogP contribution in [0.1, 0.15) is 19.8 Å². The Morgan fingerprint density at radius 2 is 2.25 bits per heavy atom. The van der Waals surface area contributed by atoms with E-state index in [1.165, 1.54) is 22.8 Å². The summed E-state index contributed by atoms with van der Waals surface area (Å²) in [7, 11) is -3.42. The third-order valence-corrected chi connectivity index (χ3v) is 4.81. The summed E-state index contributed by atoms with van der Waals surface area (Å²) in [5.41, 5.74) is 5.91. The van der Waals surface area contributed by atoms with Gasteiger partial charge in [-0.15, -0.1) is 0 Å². The molecular weight excluding hydrogens is 226 g/mol. The molecule has 2 rings (SSSR count). The monoisotopic (exact) mass is 241 g/mol. The largest absolute Gasteiger partial charge is 0.397 e. The van der Waals surface area contributed by atoms with Gasteiger partial charge in [-0.3, -0.25) is 4.98 Å². The highest BCUT2D eigenvalue weighted by Gasteiger charge is 2.32. The summed E-state index contributed by atoms with van der Waals surface area (Å²) in [6.45, 7) is 2.50. The quantitative estimate of drug-likeness (QED) is 0.832. The molecule has 0 aliphatic carbocycles. The van der Waals surface area contributed by atoms with Gasteiger partial charge in [0.2, 0.25) is 10.0 Å². The Labute approximate surface area is 95.3 Å². The van der Waals surface area contributed by atoms with Gasteiger partial charge in [0, 0.05) is 25.0 Å². The van der Waals surface area contributed by atoms with Crippen LogP contribution in [-0.4, -0.2) is 30.3 Å². The van der Waals surface area contributed by atoms with E-state index in [0.717, 1.165) is 12.8 Å². The maximum Gasteiger partial charge on any atom is 0.244 e. The lowest BCUT2D eigenvalue weighted by molar-refractivity contribution is 0.408. The van der Waals surface area contributed by atoms with Crippen LogP contribution in [0.15, 0.2) is 23.4 Å². The molecule has 1 aromatic rings. The molecule has 6 heteroatoms. The van der Waals surface area contributed by atoms with Crippen molar-refractivity contribution in [3.05, 3.63) is 18.5 Å². The van der Waals surface area contributed by atoms with Crippen LogP contribution in [0.5, 0.6) is 0 Å². The summed E-state index contributed by atoms with van der Waals surface area (Å²) < 4.78 is 26.0. The minimum Gasteiger partial charge on any atom is -0.397 e. The van der Waals surface area contributed by atoms with Gasteiger partial charge in [0.05, 0.1) is 5.69 Å². The molecule has 1 aliphatic heterocycles. The molecule has 2 heterocycles. The molecule has 5 nitrogen and oxygen atoms in total. The lowest BCUT2D eigenvalue weighted by Crippen LogP contribution is -2.33. The van der Waals surface area contributed by atoms with Gasteiger partial charge in [0.25, 0.3) is 0 Å². The minimum atomic E-state index is -3.42. The van der Waals surface area contributed by atoms with Gasteiger partial charge in [0.1, 0.15) is 4.90 Å². The van der Waals surface area contributed by atoms with Gasteiger partial charge in [0.15, 0.2) is 0 Å². The maximum atomic E-state index is 12.2. The number of sulfonamides is 1. The van der Waals surface area contributed by atoms with E-state index in [1.54, 1.807) is 0 Å². The normalized spacial score (nSPS) is 22.4. The van der Waals surface area contributed by atoms with Crippen molar-refractivity contribution < 1.29 is 8.42 Å². The zero-order chi connectivity index (χ0) is 11.8. The molecule has 0 spiro atoms. The van der Waals surface area contributed by atoms with Gasteiger partial charge >= 0.3 is 0 Å². The van der Waals surface area contributed by atoms with Crippen LogP contribution in [0, 0.1) is 0 Å². The number of pyridine rings is 1. The highest BCUT2D eigenvalue weighted by Crippen LogP contribution is 2.25. The SMILES string of the molecule is C[C@H]1CCCN1S(=O)(=O)c1cncc(N)c1. The van der Waals surface area contributed by atoms with Crippen LogP contribution >= 0.6 is 0 Å². The molecule has 0 aromatic carbocycles. The molecule has 1 saturated heterocycles. The van der Waals surface area contributed by atoms with Gasteiger partial charge in [-0.2, -0.15) is 4.31 Å². The van der Waals surface area contributed by atoms with E-state index in [4.69, 9.17) is 5.73 Å². The number of nitrogens with two attached hydrogens (primary N) is 1. The number of anilines is 1. The standard InChI is InChI=1S/C10H15N3O2S/c1-8-3-2-4-13(8)16(14,15)10-5-9(11)6-12-7-10/h5-8H,2-4,11H2,1H3/t8-/m0/s1. The summed E-state index contributed by atoms with van der Waals surface area (Å²) in [6.07, 6.45) is 4.61. The molecular formula is C10H15N3O2S. The van der Waals surface area contributed by atoms with E-state index in [2.05, 4.69) is 4.98 Å². The van der Waals surface area contributed by atoms with Crippen LogP contribution in [0.2, 0.25) is 0 Å². The fourth-order valence-corrected chi connectivity index (χ4v) is 3.67. The Kier molecular flexibility index (Phi) is 2.86. The van der Waals surface area contributed by atoms with Crippen molar-refractivity contribution in [2.24, 2.45) is 0 Å². The highest BCUT2D eigenvalue weighted by atomic mass is 32.2. The molecule has 88 valence electrons. The number of aromatic nitrogens is 1. The number of nitrogens with zero attached hydrogens (tertiary/aromatic N) is 2. The summed E-state index contributed by atoms with van der Waals surface area (Å²) >= 11 is 0. The molecule has 2 N–H and O–H groups in total. The van der Waals surface area contributed by atoms with Crippen molar-refractivity contribution in [3.63, 3.8) is 0 Å². The lowest BCUT2D eigenvalue weighted by atomic mass is 10.3. The van der Waals surface area contributed by atoms with Crippen molar-refractivity contribution in [1.82, 2.24) is 9.29 Å². The molecule has 1 aromatic heterocycles. The van der Waals surface area contributed by atoms with Crippen molar-refractivity contribution in [1.29, 1.82) is 0 Å². The molecule has 0 radical (unpaired) electrons. The predicted molar refractivity (Wildman–Crippen MR) is 61.2 cm³/mol. The minimum absolute atomic E-state index is 0.0615. The lowest BCUT2D eigenvalue weighted by Gasteiger charge is -2.20. The number of rotatable bonds is 2. The van der Waals surface area contributed by atoms with Crippen LogP contribution in [0.3, 0.4) is 0 Å². The summed E-state index contributed by atoms with van der Waals surface area (Å²) in [4.78, 5) is 4.00. The summed E-state index contributed by atoms with van der Waals surface area (Å²) in [5.74, 6) is 0. The van der Waals surface area contributed by atoms with Crippen molar-refractivity contribution in [2.45, 2.75) is 30.7 Å². The van der Waals surface area contributed by atoms with Crippen molar-refractivity contribution in [2.75, 3.05) is 12.3 Å². The Morgan fingerprint density at radius 3 is 2.81 bits per heavy atom. The molecule has 0 unspecified atom stereocenters.